The quantitative estimate of drug-likeness (QED) is 0.763. The normalized spacial score (nSPS) is 16.0. The minimum Gasteiger partial charge on any atom is -0.494 e. The predicted molar refractivity (Wildman–Crippen MR) is 102 cm³/mol. The first-order valence-corrected chi connectivity index (χ1v) is 9.62. The minimum atomic E-state index is -0.516. The van der Waals surface area contributed by atoms with Crippen LogP contribution in [0.4, 0.5) is 9.18 Å². The van der Waals surface area contributed by atoms with Crippen molar-refractivity contribution in [1.29, 1.82) is 0 Å². The molecule has 0 unspecified atom stereocenters. The lowest BCUT2D eigenvalue weighted by Crippen LogP contribution is -2.51. The molecule has 0 spiro atoms. The van der Waals surface area contributed by atoms with Gasteiger partial charge in [0.25, 0.3) is 0 Å². The summed E-state index contributed by atoms with van der Waals surface area (Å²) >= 11 is 0. The Bertz CT molecular complexity index is 647. The van der Waals surface area contributed by atoms with Crippen LogP contribution in [0.5, 0.6) is 5.75 Å². The van der Waals surface area contributed by atoms with Crippen molar-refractivity contribution in [2.24, 2.45) is 0 Å². The Balaban J connectivity index is 1.90. The molecule has 6 nitrogen and oxygen atoms in total. The highest BCUT2D eigenvalue weighted by Crippen LogP contribution is 2.19. The number of halogens is 1. The molecule has 2 N–H and O–H groups in total. The zero-order chi connectivity index (χ0) is 19.8. The molecular weight excluding hydrogens is 349 g/mol. The third kappa shape index (κ3) is 6.20. The Kier molecular flexibility index (Phi) is 8.03. The fraction of sp³-hybridized carbons (Fsp3) is 0.600. The third-order valence-corrected chi connectivity index (χ3v) is 5.11. The number of likely N-dealkylation sites (N-methyl/N-ethyl adjacent to an activating group) is 1. The summed E-state index contributed by atoms with van der Waals surface area (Å²) in [5.74, 6) is -0.610. The number of hydrogen-bond acceptors (Lipinski definition) is 4. The van der Waals surface area contributed by atoms with Crippen LogP contribution in [0.25, 0.3) is 0 Å². The number of imide groups is 1. The first-order chi connectivity index (χ1) is 12.9. The molecule has 0 aliphatic heterocycles. The number of rotatable bonds is 7. The van der Waals surface area contributed by atoms with Gasteiger partial charge in [-0.05, 0) is 44.0 Å². The molecule has 0 radical (unpaired) electrons. The Morgan fingerprint density at radius 1 is 1.30 bits per heavy atom. The second-order valence-corrected chi connectivity index (χ2v) is 7.01. The Morgan fingerprint density at radius 2 is 2.00 bits per heavy atom. The molecule has 1 aromatic carbocycles. The van der Waals surface area contributed by atoms with Gasteiger partial charge in [-0.3, -0.25) is 15.0 Å². The van der Waals surface area contributed by atoms with Gasteiger partial charge in [-0.1, -0.05) is 32.3 Å². The molecule has 1 aromatic rings. The van der Waals surface area contributed by atoms with Gasteiger partial charge in [-0.25, -0.2) is 9.18 Å². The highest BCUT2D eigenvalue weighted by molar-refractivity contribution is 5.96. The summed E-state index contributed by atoms with van der Waals surface area (Å²) in [7, 11) is 1.42. The molecule has 1 atom stereocenters. The van der Waals surface area contributed by atoms with Crippen molar-refractivity contribution in [3.8, 4) is 5.75 Å². The summed E-state index contributed by atoms with van der Waals surface area (Å²) in [4.78, 5) is 26.4. The van der Waals surface area contributed by atoms with Crippen LogP contribution >= 0.6 is 0 Å². The lowest BCUT2D eigenvalue weighted by atomic mass is 9.96. The lowest BCUT2D eigenvalue weighted by molar-refractivity contribution is -0.124. The summed E-state index contributed by atoms with van der Waals surface area (Å²) in [5, 5.41) is 5.31. The van der Waals surface area contributed by atoms with Crippen LogP contribution < -0.4 is 15.4 Å². The van der Waals surface area contributed by atoms with E-state index in [1.807, 2.05) is 11.8 Å². The molecule has 7 heteroatoms. The number of nitrogens with zero attached hydrogens (tertiary/aromatic N) is 1. The van der Waals surface area contributed by atoms with E-state index in [-0.39, 0.29) is 17.7 Å². The van der Waals surface area contributed by atoms with Crippen LogP contribution in [0.15, 0.2) is 18.2 Å². The average Bonchev–Trinajstić information content (AvgIpc) is 2.66. The molecule has 1 aliphatic carbocycles. The number of ether oxygens (including phenoxy) is 1. The number of carbonyl (C=O) groups excluding carboxylic acids is 2. The van der Waals surface area contributed by atoms with Crippen molar-refractivity contribution in [2.75, 3.05) is 13.7 Å². The van der Waals surface area contributed by atoms with Crippen LogP contribution in [0.3, 0.4) is 0 Å². The highest BCUT2D eigenvalue weighted by Gasteiger charge is 2.23. The number of urea groups is 1. The Labute approximate surface area is 160 Å². The van der Waals surface area contributed by atoms with E-state index >= 15 is 0 Å². The first-order valence-electron chi connectivity index (χ1n) is 9.62. The summed E-state index contributed by atoms with van der Waals surface area (Å²) in [6.45, 7) is 4.65. The van der Waals surface area contributed by atoms with Crippen molar-refractivity contribution >= 4 is 11.9 Å². The van der Waals surface area contributed by atoms with Crippen LogP contribution in [-0.4, -0.2) is 42.6 Å². The number of methoxy groups -OCH3 is 1. The number of nitrogens with one attached hydrogen (secondary N) is 2. The van der Waals surface area contributed by atoms with Gasteiger partial charge in [-0.2, -0.15) is 0 Å². The van der Waals surface area contributed by atoms with Gasteiger partial charge in [0.05, 0.1) is 13.2 Å². The van der Waals surface area contributed by atoms with Crippen molar-refractivity contribution in [3.63, 3.8) is 0 Å². The second kappa shape index (κ2) is 10.3. The van der Waals surface area contributed by atoms with Gasteiger partial charge >= 0.3 is 6.03 Å². The standard InChI is InChI=1S/C20H30FN3O3/c1-4-24(13-15-10-11-18(27-3)17(21)12-15)14(2)19(25)23-20(26)22-16-8-6-5-7-9-16/h10-12,14,16H,4-9,13H2,1-3H3,(H2,22,23,25,26)/t14-/m1/s1. The number of amides is 3. The number of hydrogen-bond donors (Lipinski definition) is 2. The summed E-state index contributed by atoms with van der Waals surface area (Å²) < 4.78 is 18.8. The minimum absolute atomic E-state index is 0.145. The van der Waals surface area contributed by atoms with E-state index < -0.39 is 17.9 Å². The fourth-order valence-electron chi connectivity index (χ4n) is 3.42. The third-order valence-electron chi connectivity index (χ3n) is 5.11. The largest absolute Gasteiger partial charge is 0.494 e. The van der Waals surface area contributed by atoms with Crippen molar-refractivity contribution in [2.45, 2.75) is 64.6 Å². The second-order valence-electron chi connectivity index (χ2n) is 7.01. The van der Waals surface area contributed by atoms with E-state index in [2.05, 4.69) is 10.6 Å². The highest BCUT2D eigenvalue weighted by atomic mass is 19.1. The van der Waals surface area contributed by atoms with E-state index in [1.165, 1.54) is 19.6 Å². The summed E-state index contributed by atoms with van der Waals surface area (Å²) in [6, 6.07) is 3.93. The van der Waals surface area contributed by atoms with Crippen molar-refractivity contribution in [3.05, 3.63) is 29.6 Å². The van der Waals surface area contributed by atoms with Crippen LogP contribution in [0.2, 0.25) is 0 Å². The molecule has 3 amide bonds. The molecule has 150 valence electrons. The fourth-order valence-corrected chi connectivity index (χ4v) is 3.42. The number of benzene rings is 1. The zero-order valence-corrected chi connectivity index (χ0v) is 16.4. The summed E-state index contributed by atoms with van der Waals surface area (Å²) in [5.41, 5.74) is 0.737. The smallest absolute Gasteiger partial charge is 0.321 e. The lowest BCUT2D eigenvalue weighted by Gasteiger charge is -2.27. The first kappa shape index (κ1) is 21.2. The van der Waals surface area contributed by atoms with Crippen molar-refractivity contribution < 1.29 is 18.7 Å². The molecule has 2 rings (SSSR count). The Morgan fingerprint density at radius 3 is 2.59 bits per heavy atom. The van der Waals surface area contributed by atoms with Crippen LogP contribution in [-0.2, 0) is 11.3 Å². The molecule has 27 heavy (non-hydrogen) atoms. The van der Waals surface area contributed by atoms with Gasteiger partial charge in [0.1, 0.15) is 0 Å². The van der Waals surface area contributed by atoms with Gasteiger partial charge in [0.2, 0.25) is 5.91 Å². The van der Waals surface area contributed by atoms with Gasteiger partial charge in [0, 0.05) is 12.6 Å². The molecule has 1 fully saturated rings. The monoisotopic (exact) mass is 379 g/mol. The SMILES string of the molecule is CCN(Cc1ccc(OC)c(F)c1)[C@H](C)C(=O)NC(=O)NC1CCCCC1. The predicted octanol–water partition coefficient (Wildman–Crippen LogP) is 3.20. The van der Waals surface area contributed by atoms with Crippen LogP contribution in [0.1, 0.15) is 51.5 Å². The summed E-state index contributed by atoms with van der Waals surface area (Å²) in [6.07, 6.45) is 5.34. The maximum Gasteiger partial charge on any atom is 0.321 e. The van der Waals surface area contributed by atoms with E-state index in [0.717, 1.165) is 31.2 Å². The van der Waals surface area contributed by atoms with E-state index in [9.17, 15) is 14.0 Å². The molecular formula is C20H30FN3O3. The van der Waals surface area contributed by atoms with E-state index in [1.54, 1.807) is 19.1 Å². The average molecular weight is 379 g/mol. The number of carbonyl (C=O) groups is 2. The molecule has 0 aromatic heterocycles. The molecule has 0 bridgehead atoms. The topological polar surface area (TPSA) is 70.7 Å². The Hall–Kier alpha value is -2.15. The maximum atomic E-state index is 13.9. The van der Waals surface area contributed by atoms with Gasteiger partial charge < -0.3 is 10.1 Å². The van der Waals surface area contributed by atoms with Crippen LogP contribution in [0, 0.1) is 5.82 Å². The maximum absolute atomic E-state index is 13.9. The van der Waals surface area contributed by atoms with Gasteiger partial charge in [0.15, 0.2) is 11.6 Å². The molecule has 1 saturated carbocycles. The zero-order valence-electron chi connectivity index (χ0n) is 16.4. The molecule has 0 heterocycles. The van der Waals surface area contributed by atoms with Crippen molar-refractivity contribution in [1.82, 2.24) is 15.5 Å². The molecule has 1 aliphatic rings. The molecule has 0 saturated heterocycles. The van der Waals surface area contributed by atoms with Gasteiger partial charge in [-0.15, -0.1) is 0 Å². The van der Waals surface area contributed by atoms with E-state index in [4.69, 9.17) is 4.74 Å². The van der Waals surface area contributed by atoms with E-state index in [0.29, 0.717) is 13.1 Å².